The van der Waals surface area contributed by atoms with Gasteiger partial charge in [0.15, 0.2) is 0 Å². The fourth-order valence-electron chi connectivity index (χ4n) is 0.911. The molecule has 0 bridgehead atoms. The molecule has 0 saturated carbocycles. The Kier molecular flexibility index (Phi) is 3.52. The molecule has 0 aliphatic carbocycles. The van der Waals surface area contributed by atoms with E-state index in [1.54, 1.807) is 7.11 Å². The summed E-state index contributed by atoms with van der Waals surface area (Å²) in [6.45, 7) is 0.433. The van der Waals surface area contributed by atoms with Crippen LogP contribution in [0.4, 0.5) is 0 Å². The number of hydrogen-bond acceptors (Lipinski definition) is 3. The zero-order valence-electron chi connectivity index (χ0n) is 6.67. The molecule has 4 heteroatoms. The molecular formula is C8H10BrNO2. The monoisotopic (exact) mass is 231 g/mol. The molecule has 0 amide bonds. The van der Waals surface area contributed by atoms with Crippen molar-refractivity contribution in [2.24, 2.45) is 0 Å². The average Bonchev–Trinajstić information content (AvgIpc) is 2.05. The van der Waals surface area contributed by atoms with Gasteiger partial charge in [0.25, 0.3) is 0 Å². The van der Waals surface area contributed by atoms with Crippen LogP contribution in [-0.4, -0.2) is 12.3 Å². The number of benzene rings is 1. The number of halogens is 1. The maximum atomic E-state index is 8.44. The third kappa shape index (κ3) is 2.20. The Morgan fingerprint density at radius 1 is 1.58 bits per heavy atom. The molecule has 1 aromatic carbocycles. The summed E-state index contributed by atoms with van der Waals surface area (Å²) in [6.07, 6.45) is 0. The second kappa shape index (κ2) is 4.45. The maximum Gasteiger partial charge on any atom is 0.133 e. The van der Waals surface area contributed by atoms with Crippen molar-refractivity contribution in [1.29, 1.82) is 0 Å². The van der Waals surface area contributed by atoms with Gasteiger partial charge in [0, 0.05) is 6.54 Å². The van der Waals surface area contributed by atoms with Crippen LogP contribution in [0.25, 0.3) is 0 Å². The summed E-state index contributed by atoms with van der Waals surface area (Å²) in [6, 6.07) is 5.62. The van der Waals surface area contributed by atoms with Crippen molar-refractivity contribution in [1.82, 2.24) is 5.48 Å². The number of methoxy groups -OCH3 is 1. The van der Waals surface area contributed by atoms with E-state index >= 15 is 0 Å². The smallest absolute Gasteiger partial charge is 0.133 e. The highest BCUT2D eigenvalue weighted by Gasteiger charge is 1.99. The summed E-state index contributed by atoms with van der Waals surface area (Å²) in [7, 11) is 1.62. The minimum absolute atomic E-state index is 0.433. The highest BCUT2D eigenvalue weighted by atomic mass is 79.9. The van der Waals surface area contributed by atoms with Crippen molar-refractivity contribution in [2.45, 2.75) is 6.54 Å². The van der Waals surface area contributed by atoms with Crippen LogP contribution in [0.5, 0.6) is 5.75 Å². The quantitative estimate of drug-likeness (QED) is 0.782. The number of ether oxygens (including phenoxy) is 1. The van der Waals surface area contributed by atoms with Crippen molar-refractivity contribution < 1.29 is 9.94 Å². The lowest BCUT2D eigenvalue weighted by Crippen LogP contribution is -2.05. The third-order valence-corrected chi connectivity index (χ3v) is 2.12. The Morgan fingerprint density at radius 2 is 2.33 bits per heavy atom. The number of hydroxylamine groups is 1. The lowest BCUT2D eigenvalue weighted by Gasteiger charge is -2.04. The summed E-state index contributed by atoms with van der Waals surface area (Å²) in [5.41, 5.74) is 3.08. The summed E-state index contributed by atoms with van der Waals surface area (Å²) >= 11 is 3.34. The lowest BCUT2D eigenvalue weighted by molar-refractivity contribution is 0.161. The van der Waals surface area contributed by atoms with Crippen molar-refractivity contribution in [3.8, 4) is 5.75 Å². The number of nitrogens with one attached hydrogen (secondary N) is 1. The SMILES string of the molecule is COc1ccc(CNO)cc1Br. The van der Waals surface area contributed by atoms with Crippen LogP contribution < -0.4 is 10.2 Å². The Hall–Kier alpha value is -0.580. The predicted octanol–water partition coefficient (Wildman–Crippen LogP) is 1.94. The first-order chi connectivity index (χ1) is 5.77. The topological polar surface area (TPSA) is 41.5 Å². The second-order valence-corrected chi connectivity index (χ2v) is 3.16. The standard InChI is InChI=1S/C8H10BrNO2/c1-12-8-3-2-6(5-10-11)4-7(8)9/h2-4,10-11H,5H2,1H3. The first-order valence-electron chi connectivity index (χ1n) is 3.47. The average molecular weight is 232 g/mol. The molecule has 66 valence electrons. The van der Waals surface area contributed by atoms with Gasteiger partial charge in [-0.05, 0) is 33.6 Å². The molecule has 0 radical (unpaired) electrons. The van der Waals surface area contributed by atoms with Gasteiger partial charge in [0.2, 0.25) is 0 Å². The molecular weight excluding hydrogens is 222 g/mol. The van der Waals surface area contributed by atoms with Gasteiger partial charge in [-0.3, -0.25) is 0 Å². The van der Waals surface area contributed by atoms with E-state index in [2.05, 4.69) is 21.4 Å². The molecule has 0 fully saturated rings. The summed E-state index contributed by atoms with van der Waals surface area (Å²) in [5, 5.41) is 8.44. The molecule has 3 nitrogen and oxygen atoms in total. The summed E-state index contributed by atoms with van der Waals surface area (Å²) in [4.78, 5) is 0. The van der Waals surface area contributed by atoms with Gasteiger partial charge in [0.1, 0.15) is 5.75 Å². The molecule has 2 N–H and O–H groups in total. The zero-order chi connectivity index (χ0) is 8.97. The molecule has 1 aromatic rings. The van der Waals surface area contributed by atoms with Crippen molar-refractivity contribution in [2.75, 3.05) is 7.11 Å². The van der Waals surface area contributed by atoms with E-state index < -0.39 is 0 Å². The molecule has 1 rings (SSSR count). The van der Waals surface area contributed by atoms with E-state index in [9.17, 15) is 0 Å². The summed E-state index contributed by atoms with van der Waals surface area (Å²) in [5.74, 6) is 0.789. The molecule has 0 aromatic heterocycles. The first kappa shape index (κ1) is 9.51. The highest BCUT2D eigenvalue weighted by molar-refractivity contribution is 9.10. The molecule has 0 unspecified atom stereocenters. The van der Waals surface area contributed by atoms with Crippen LogP contribution >= 0.6 is 15.9 Å². The molecule has 0 spiro atoms. The highest BCUT2D eigenvalue weighted by Crippen LogP contribution is 2.25. The summed E-state index contributed by atoms with van der Waals surface area (Å²) < 4.78 is 5.94. The van der Waals surface area contributed by atoms with Gasteiger partial charge >= 0.3 is 0 Å². The van der Waals surface area contributed by atoms with Crippen LogP contribution in [0, 0.1) is 0 Å². The van der Waals surface area contributed by atoms with E-state index in [0.717, 1.165) is 15.8 Å². The minimum atomic E-state index is 0.433. The van der Waals surface area contributed by atoms with Gasteiger partial charge in [-0.2, -0.15) is 0 Å². The Bertz CT molecular complexity index is 265. The van der Waals surface area contributed by atoms with E-state index in [-0.39, 0.29) is 0 Å². The van der Waals surface area contributed by atoms with E-state index in [0.29, 0.717) is 6.54 Å². The Balaban J connectivity index is 2.86. The van der Waals surface area contributed by atoms with Gasteiger partial charge in [0.05, 0.1) is 11.6 Å². The molecule has 0 aliphatic heterocycles. The van der Waals surface area contributed by atoms with Gasteiger partial charge in [-0.1, -0.05) is 6.07 Å². The second-order valence-electron chi connectivity index (χ2n) is 2.30. The maximum absolute atomic E-state index is 8.44. The Morgan fingerprint density at radius 3 is 2.83 bits per heavy atom. The molecule has 12 heavy (non-hydrogen) atoms. The van der Waals surface area contributed by atoms with E-state index in [4.69, 9.17) is 9.94 Å². The van der Waals surface area contributed by atoms with Crippen LogP contribution in [0.15, 0.2) is 22.7 Å². The first-order valence-corrected chi connectivity index (χ1v) is 4.26. The van der Waals surface area contributed by atoms with Crippen molar-refractivity contribution in [3.63, 3.8) is 0 Å². The van der Waals surface area contributed by atoms with Crippen LogP contribution in [-0.2, 0) is 6.54 Å². The van der Waals surface area contributed by atoms with Crippen LogP contribution in [0.2, 0.25) is 0 Å². The van der Waals surface area contributed by atoms with Gasteiger partial charge in [-0.25, -0.2) is 5.48 Å². The van der Waals surface area contributed by atoms with Gasteiger partial charge < -0.3 is 9.94 Å². The fraction of sp³-hybridized carbons (Fsp3) is 0.250. The van der Waals surface area contributed by atoms with Crippen LogP contribution in [0.3, 0.4) is 0 Å². The van der Waals surface area contributed by atoms with E-state index in [1.807, 2.05) is 18.2 Å². The predicted molar refractivity (Wildman–Crippen MR) is 49.3 cm³/mol. The normalized spacial score (nSPS) is 9.92. The number of rotatable bonds is 3. The van der Waals surface area contributed by atoms with Crippen molar-refractivity contribution >= 4 is 15.9 Å². The van der Waals surface area contributed by atoms with Crippen LogP contribution in [0.1, 0.15) is 5.56 Å². The lowest BCUT2D eigenvalue weighted by atomic mass is 10.2. The molecule has 0 atom stereocenters. The molecule has 0 aliphatic rings. The van der Waals surface area contributed by atoms with Gasteiger partial charge in [-0.15, -0.1) is 0 Å². The fourth-order valence-corrected chi connectivity index (χ4v) is 1.50. The minimum Gasteiger partial charge on any atom is -0.496 e. The zero-order valence-corrected chi connectivity index (χ0v) is 8.26. The van der Waals surface area contributed by atoms with Crippen molar-refractivity contribution in [3.05, 3.63) is 28.2 Å². The third-order valence-electron chi connectivity index (χ3n) is 1.50. The Labute approximate surface area is 79.4 Å². The molecule has 0 saturated heterocycles. The largest absolute Gasteiger partial charge is 0.496 e. The number of hydrogen-bond donors (Lipinski definition) is 2. The molecule has 0 heterocycles. The van der Waals surface area contributed by atoms with E-state index in [1.165, 1.54) is 0 Å².